The molecule has 3 N–H and O–H groups in total. The predicted octanol–water partition coefficient (Wildman–Crippen LogP) is 5.89. The van der Waals surface area contributed by atoms with Gasteiger partial charge < -0.3 is 10.2 Å². The van der Waals surface area contributed by atoms with Crippen molar-refractivity contribution in [1.29, 1.82) is 0 Å². The van der Waals surface area contributed by atoms with Crippen LogP contribution in [-0.4, -0.2) is 23.2 Å². The summed E-state index contributed by atoms with van der Waals surface area (Å²) >= 11 is 24.5. The van der Waals surface area contributed by atoms with Crippen LogP contribution >= 0.6 is 46.4 Å². The molecule has 0 saturated heterocycles. The molecule has 0 bridgehead atoms. The SMILES string of the molecule is O=S(=O)(O)C(c1ccc(O)cc1)(c1cc(Cl)ccc1O)c1cc(Cl)c(Cl)cc1Cl. The Bertz CT molecular complexity index is 1200. The first-order valence-corrected chi connectivity index (χ1v) is 10.8. The van der Waals surface area contributed by atoms with E-state index in [0.717, 1.165) is 0 Å². The first kappa shape index (κ1) is 22.0. The van der Waals surface area contributed by atoms with E-state index < -0.39 is 20.6 Å². The van der Waals surface area contributed by atoms with Gasteiger partial charge in [-0.2, -0.15) is 8.42 Å². The molecule has 0 aliphatic heterocycles. The number of phenols is 2. The second-order valence-corrected chi connectivity index (χ2v) is 9.33. The average Bonchev–Trinajstić information content (AvgIpc) is 2.63. The lowest BCUT2D eigenvalue weighted by molar-refractivity contribution is 0.440. The van der Waals surface area contributed by atoms with Crippen LogP contribution in [0.2, 0.25) is 20.1 Å². The van der Waals surface area contributed by atoms with Gasteiger partial charge in [-0.3, -0.25) is 4.55 Å². The van der Waals surface area contributed by atoms with Crippen LogP contribution in [0.25, 0.3) is 0 Å². The zero-order valence-electron chi connectivity index (χ0n) is 14.3. The molecule has 3 aromatic rings. The molecule has 0 spiro atoms. The number of hydrogen-bond acceptors (Lipinski definition) is 4. The Hall–Kier alpha value is -1.67. The van der Waals surface area contributed by atoms with Gasteiger partial charge in [-0.25, -0.2) is 0 Å². The van der Waals surface area contributed by atoms with E-state index in [9.17, 15) is 23.2 Å². The first-order valence-electron chi connectivity index (χ1n) is 7.89. The van der Waals surface area contributed by atoms with Crippen molar-refractivity contribution in [1.82, 2.24) is 0 Å². The van der Waals surface area contributed by atoms with Crippen molar-refractivity contribution >= 4 is 56.5 Å². The van der Waals surface area contributed by atoms with Gasteiger partial charge in [0.15, 0.2) is 4.75 Å². The number of rotatable bonds is 4. The minimum Gasteiger partial charge on any atom is -0.508 e. The van der Waals surface area contributed by atoms with Crippen molar-refractivity contribution in [2.45, 2.75) is 4.75 Å². The maximum Gasteiger partial charge on any atom is 0.283 e. The van der Waals surface area contributed by atoms with Gasteiger partial charge in [0, 0.05) is 21.2 Å². The summed E-state index contributed by atoms with van der Waals surface area (Å²) in [5.74, 6) is -0.615. The normalized spacial score (nSPS) is 13.8. The van der Waals surface area contributed by atoms with E-state index in [-0.39, 0.29) is 42.5 Å². The molecule has 29 heavy (non-hydrogen) atoms. The molecule has 0 radical (unpaired) electrons. The molecule has 10 heteroatoms. The Balaban J connectivity index is 2.61. The topological polar surface area (TPSA) is 94.8 Å². The van der Waals surface area contributed by atoms with Crippen LogP contribution in [0, 0.1) is 0 Å². The summed E-state index contributed by atoms with van der Waals surface area (Å²) in [6.45, 7) is 0. The summed E-state index contributed by atoms with van der Waals surface area (Å²) in [5.41, 5.74) is -0.464. The van der Waals surface area contributed by atoms with E-state index >= 15 is 0 Å². The van der Waals surface area contributed by atoms with Gasteiger partial charge in [0.25, 0.3) is 10.1 Å². The Morgan fingerprint density at radius 3 is 1.90 bits per heavy atom. The van der Waals surface area contributed by atoms with E-state index in [1.807, 2.05) is 0 Å². The molecule has 3 rings (SSSR count). The fourth-order valence-corrected chi connectivity index (χ4v) is 5.40. The smallest absolute Gasteiger partial charge is 0.283 e. The van der Waals surface area contributed by atoms with Crippen molar-refractivity contribution < 1.29 is 23.2 Å². The minimum absolute atomic E-state index is 0.0283. The maximum absolute atomic E-state index is 13.0. The third-order valence-corrected chi connectivity index (χ3v) is 7.11. The summed E-state index contributed by atoms with van der Waals surface area (Å²) in [4.78, 5) is 0. The van der Waals surface area contributed by atoms with Gasteiger partial charge in [0.1, 0.15) is 11.5 Å². The second-order valence-electron chi connectivity index (χ2n) is 6.11. The highest BCUT2D eigenvalue weighted by Crippen LogP contribution is 2.51. The van der Waals surface area contributed by atoms with Gasteiger partial charge in [0.05, 0.1) is 10.0 Å². The number of benzene rings is 3. The van der Waals surface area contributed by atoms with E-state index in [0.29, 0.717) is 0 Å². The second kappa shape index (κ2) is 7.87. The van der Waals surface area contributed by atoms with E-state index in [4.69, 9.17) is 46.4 Å². The quantitative estimate of drug-likeness (QED) is 0.239. The molecule has 3 aromatic carbocycles. The lowest BCUT2D eigenvalue weighted by atomic mass is 9.83. The molecule has 0 saturated carbocycles. The summed E-state index contributed by atoms with van der Waals surface area (Å²) in [5, 5.41) is 20.2. The minimum atomic E-state index is -5.08. The highest BCUT2D eigenvalue weighted by Gasteiger charge is 2.51. The number of hydrogen-bond donors (Lipinski definition) is 3. The van der Waals surface area contributed by atoms with Crippen LogP contribution in [0.15, 0.2) is 54.6 Å². The molecule has 0 fully saturated rings. The van der Waals surface area contributed by atoms with Crippen LogP contribution in [0.4, 0.5) is 0 Å². The van der Waals surface area contributed by atoms with Crippen LogP contribution in [-0.2, 0) is 14.9 Å². The zero-order valence-corrected chi connectivity index (χ0v) is 18.1. The molecule has 0 aromatic heterocycles. The van der Waals surface area contributed by atoms with Gasteiger partial charge in [-0.1, -0.05) is 58.5 Å². The molecule has 5 nitrogen and oxygen atoms in total. The van der Waals surface area contributed by atoms with Crippen molar-refractivity contribution in [3.05, 3.63) is 91.4 Å². The fourth-order valence-electron chi connectivity index (χ4n) is 3.16. The van der Waals surface area contributed by atoms with Crippen LogP contribution in [0.1, 0.15) is 16.7 Å². The Morgan fingerprint density at radius 1 is 0.724 bits per heavy atom. The van der Waals surface area contributed by atoms with Crippen LogP contribution in [0.5, 0.6) is 11.5 Å². The number of halogens is 4. The fraction of sp³-hybridized carbons (Fsp3) is 0.0526. The Labute approximate surface area is 186 Å². The zero-order chi connectivity index (χ0) is 21.6. The van der Waals surface area contributed by atoms with Gasteiger partial charge in [0.2, 0.25) is 0 Å². The van der Waals surface area contributed by atoms with E-state index in [1.165, 1.54) is 54.6 Å². The summed E-state index contributed by atoms with van der Waals surface area (Å²) in [6, 6.07) is 11.1. The molecule has 0 aliphatic rings. The first-order chi connectivity index (χ1) is 13.5. The standard InChI is InChI=1S/C19H12Cl4O5S/c20-11-3-6-18(25)14(7-11)19(29(26,27)28,10-1-4-12(24)5-2-10)13-8-16(22)17(23)9-15(13)21/h1-9,24-25H,(H,26,27,28). The Kier molecular flexibility index (Phi) is 5.98. The summed E-state index contributed by atoms with van der Waals surface area (Å²) < 4.78 is 34.0. The number of aromatic hydroxyl groups is 2. The van der Waals surface area contributed by atoms with Crippen molar-refractivity contribution in [2.24, 2.45) is 0 Å². The van der Waals surface area contributed by atoms with Crippen LogP contribution < -0.4 is 0 Å². The average molecular weight is 494 g/mol. The predicted molar refractivity (Wildman–Crippen MR) is 114 cm³/mol. The van der Waals surface area contributed by atoms with E-state index in [2.05, 4.69) is 0 Å². The molecule has 1 atom stereocenters. The van der Waals surface area contributed by atoms with Gasteiger partial charge in [-0.15, -0.1) is 0 Å². The Morgan fingerprint density at radius 2 is 1.31 bits per heavy atom. The molecular formula is C19H12Cl4O5S. The molecule has 152 valence electrons. The monoisotopic (exact) mass is 492 g/mol. The highest BCUT2D eigenvalue weighted by molar-refractivity contribution is 7.87. The largest absolute Gasteiger partial charge is 0.508 e. The van der Waals surface area contributed by atoms with E-state index in [1.54, 1.807) is 0 Å². The molecule has 1 unspecified atom stereocenters. The molecule has 0 amide bonds. The van der Waals surface area contributed by atoms with Crippen LogP contribution in [0.3, 0.4) is 0 Å². The highest BCUT2D eigenvalue weighted by atomic mass is 35.5. The summed E-state index contributed by atoms with van der Waals surface area (Å²) in [6.07, 6.45) is 0. The van der Waals surface area contributed by atoms with Crippen molar-refractivity contribution in [3.63, 3.8) is 0 Å². The molecular weight excluding hydrogens is 482 g/mol. The lowest BCUT2D eigenvalue weighted by Gasteiger charge is -2.34. The van der Waals surface area contributed by atoms with Crippen molar-refractivity contribution in [2.75, 3.05) is 0 Å². The molecule has 0 heterocycles. The molecule has 0 aliphatic carbocycles. The third kappa shape index (κ3) is 3.77. The summed E-state index contributed by atoms with van der Waals surface area (Å²) in [7, 11) is -5.08. The van der Waals surface area contributed by atoms with Gasteiger partial charge >= 0.3 is 0 Å². The third-order valence-electron chi connectivity index (χ3n) is 4.39. The number of phenolic OH excluding ortho intramolecular Hbond substituents is 2. The van der Waals surface area contributed by atoms with Crippen molar-refractivity contribution in [3.8, 4) is 11.5 Å². The lowest BCUT2D eigenvalue weighted by Crippen LogP contribution is -2.38. The maximum atomic E-state index is 13.0. The van der Waals surface area contributed by atoms with Gasteiger partial charge in [-0.05, 0) is 48.0 Å².